The van der Waals surface area contributed by atoms with Gasteiger partial charge >= 0.3 is 0 Å². The first-order chi connectivity index (χ1) is 12.8. The summed E-state index contributed by atoms with van der Waals surface area (Å²) in [6, 6.07) is 7.22. The predicted molar refractivity (Wildman–Crippen MR) is 106 cm³/mol. The summed E-state index contributed by atoms with van der Waals surface area (Å²) in [5.41, 5.74) is 2.30. The second kappa shape index (κ2) is 8.14. The summed E-state index contributed by atoms with van der Waals surface area (Å²) in [5.74, 6) is 0.397. The zero-order chi connectivity index (χ0) is 19.6. The van der Waals surface area contributed by atoms with Gasteiger partial charge in [0.1, 0.15) is 5.75 Å². The average molecular weight is 453 g/mol. The molecule has 0 aliphatic rings. The number of ether oxygens (including phenoxy) is 1. The fourth-order valence-electron chi connectivity index (χ4n) is 2.51. The van der Waals surface area contributed by atoms with E-state index in [-0.39, 0.29) is 12.6 Å². The largest absolute Gasteiger partial charge is 0.470 e. The summed E-state index contributed by atoms with van der Waals surface area (Å²) in [6.45, 7) is 2.54. The Morgan fingerprint density at radius 3 is 2.85 bits per heavy atom. The van der Waals surface area contributed by atoms with E-state index in [2.05, 4.69) is 26.1 Å². The van der Waals surface area contributed by atoms with Crippen LogP contribution in [0, 0.1) is 6.92 Å². The molecule has 0 radical (unpaired) electrons. The maximum atomic E-state index is 12.6. The number of carbonyl (C=O) groups excluding carboxylic acids is 1. The van der Waals surface area contributed by atoms with Crippen molar-refractivity contribution >= 4 is 33.4 Å². The van der Waals surface area contributed by atoms with Crippen LogP contribution >= 0.6 is 27.5 Å². The number of nitrogens with zero attached hydrogens (tertiary/aromatic N) is 5. The molecule has 3 rings (SSSR count). The highest BCUT2D eigenvalue weighted by molar-refractivity contribution is 9.10. The molecular weight excluding hydrogens is 434 g/mol. The number of benzene rings is 1. The summed E-state index contributed by atoms with van der Waals surface area (Å²) < 4.78 is 9.84. The van der Waals surface area contributed by atoms with Crippen molar-refractivity contribution in [1.82, 2.24) is 24.5 Å². The molecule has 0 saturated heterocycles. The Kier molecular flexibility index (Phi) is 5.86. The van der Waals surface area contributed by atoms with Crippen LogP contribution in [-0.4, -0.2) is 37.4 Å². The summed E-state index contributed by atoms with van der Waals surface area (Å²) in [4.78, 5) is 14.2. The minimum absolute atomic E-state index is 0.160. The molecular formula is C18H19BrClN5O2. The minimum atomic E-state index is -0.185. The summed E-state index contributed by atoms with van der Waals surface area (Å²) in [5, 5.41) is 8.99. The van der Waals surface area contributed by atoms with Gasteiger partial charge in [-0.3, -0.25) is 9.48 Å². The molecule has 0 aliphatic carbocycles. The van der Waals surface area contributed by atoms with Crippen LogP contribution in [-0.2, 0) is 20.3 Å². The van der Waals surface area contributed by atoms with E-state index in [0.29, 0.717) is 23.0 Å². The molecule has 3 aromatic rings. The van der Waals surface area contributed by atoms with Crippen molar-refractivity contribution in [2.24, 2.45) is 7.05 Å². The molecule has 9 heteroatoms. The molecule has 142 valence electrons. The third-order valence-electron chi connectivity index (χ3n) is 4.04. The first-order valence-corrected chi connectivity index (χ1v) is 9.36. The van der Waals surface area contributed by atoms with Crippen molar-refractivity contribution in [3.63, 3.8) is 0 Å². The van der Waals surface area contributed by atoms with E-state index < -0.39 is 0 Å². The number of aromatic nitrogens is 4. The quantitative estimate of drug-likeness (QED) is 0.573. The Labute approximate surface area is 170 Å². The van der Waals surface area contributed by atoms with Gasteiger partial charge in [-0.05, 0) is 46.6 Å². The van der Waals surface area contributed by atoms with Crippen molar-refractivity contribution in [3.8, 4) is 5.75 Å². The zero-order valence-electron chi connectivity index (χ0n) is 15.2. The van der Waals surface area contributed by atoms with Crippen molar-refractivity contribution in [1.29, 1.82) is 0 Å². The molecule has 1 aromatic carbocycles. The van der Waals surface area contributed by atoms with Crippen LogP contribution in [0.15, 0.2) is 41.1 Å². The second-order valence-electron chi connectivity index (χ2n) is 6.17. The molecule has 0 N–H and O–H groups in total. The molecule has 0 atom stereocenters. The number of amides is 1. The SMILES string of the molecule is Cc1ccc(Cl)c(OCn2ccc(C(=O)N(C)Cc3c(Br)cnn3C)n2)c1. The Bertz CT molecular complexity index is 949. The molecule has 2 aromatic heterocycles. The average Bonchev–Trinajstić information content (AvgIpc) is 3.24. The van der Waals surface area contributed by atoms with Crippen LogP contribution < -0.4 is 4.74 Å². The third-order valence-corrected chi connectivity index (χ3v) is 5.02. The summed E-state index contributed by atoms with van der Waals surface area (Å²) >= 11 is 9.57. The lowest BCUT2D eigenvalue weighted by Gasteiger charge is -2.16. The van der Waals surface area contributed by atoms with E-state index in [1.54, 1.807) is 45.8 Å². The van der Waals surface area contributed by atoms with Gasteiger partial charge in [0.05, 0.1) is 27.9 Å². The highest BCUT2D eigenvalue weighted by Crippen LogP contribution is 2.25. The fraction of sp³-hybridized carbons (Fsp3) is 0.278. The second-order valence-corrected chi connectivity index (χ2v) is 7.43. The molecule has 0 bridgehead atoms. The van der Waals surface area contributed by atoms with Gasteiger partial charge < -0.3 is 9.64 Å². The lowest BCUT2D eigenvalue weighted by molar-refractivity contribution is 0.0773. The van der Waals surface area contributed by atoms with Crippen molar-refractivity contribution in [3.05, 3.63) is 63.1 Å². The van der Waals surface area contributed by atoms with Gasteiger partial charge in [-0.2, -0.15) is 10.2 Å². The number of hydrogen-bond donors (Lipinski definition) is 0. The number of aryl methyl sites for hydroxylation is 2. The zero-order valence-corrected chi connectivity index (χ0v) is 17.5. The number of carbonyl (C=O) groups is 1. The maximum absolute atomic E-state index is 12.6. The van der Waals surface area contributed by atoms with Crippen LogP contribution in [0.25, 0.3) is 0 Å². The smallest absolute Gasteiger partial charge is 0.274 e. The fourth-order valence-corrected chi connectivity index (χ4v) is 3.16. The van der Waals surface area contributed by atoms with Crippen molar-refractivity contribution in [2.75, 3.05) is 7.05 Å². The van der Waals surface area contributed by atoms with Crippen LogP contribution in [0.5, 0.6) is 5.75 Å². The standard InChI is InChI=1S/C18H19BrClN5O2/c1-12-4-5-14(20)17(8-12)27-11-25-7-6-15(22-25)18(26)23(2)10-16-13(19)9-21-24(16)3/h4-9H,10-11H2,1-3H3. The lowest BCUT2D eigenvalue weighted by Crippen LogP contribution is -2.28. The van der Waals surface area contributed by atoms with E-state index in [1.807, 2.05) is 26.1 Å². The van der Waals surface area contributed by atoms with Gasteiger partial charge in [0, 0.05) is 20.3 Å². The lowest BCUT2D eigenvalue weighted by atomic mass is 10.2. The van der Waals surface area contributed by atoms with Crippen molar-refractivity contribution < 1.29 is 9.53 Å². The Hall–Kier alpha value is -2.32. The Balaban J connectivity index is 1.64. The van der Waals surface area contributed by atoms with E-state index in [0.717, 1.165) is 15.7 Å². The first-order valence-electron chi connectivity index (χ1n) is 8.19. The van der Waals surface area contributed by atoms with E-state index >= 15 is 0 Å². The third kappa shape index (κ3) is 4.51. The summed E-state index contributed by atoms with van der Waals surface area (Å²) in [6.07, 6.45) is 3.40. The molecule has 0 saturated carbocycles. The van der Waals surface area contributed by atoms with Gasteiger partial charge in [0.2, 0.25) is 0 Å². The van der Waals surface area contributed by atoms with Crippen LogP contribution in [0.3, 0.4) is 0 Å². The molecule has 1 amide bonds. The molecule has 0 unspecified atom stereocenters. The topological polar surface area (TPSA) is 65.2 Å². The molecule has 7 nitrogen and oxygen atoms in total. The molecule has 0 fully saturated rings. The van der Waals surface area contributed by atoms with Crippen LogP contribution in [0.1, 0.15) is 21.7 Å². The van der Waals surface area contributed by atoms with Gasteiger partial charge in [-0.15, -0.1) is 0 Å². The highest BCUT2D eigenvalue weighted by Gasteiger charge is 2.18. The van der Waals surface area contributed by atoms with E-state index in [4.69, 9.17) is 16.3 Å². The number of rotatable bonds is 6. The van der Waals surface area contributed by atoms with Gasteiger partial charge in [-0.25, -0.2) is 4.68 Å². The first kappa shape index (κ1) is 19.4. The molecule has 0 aliphatic heterocycles. The normalized spacial score (nSPS) is 10.9. The Morgan fingerprint density at radius 1 is 1.37 bits per heavy atom. The maximum Gasteiger partial charge on any atom is 0.274 e. The van der Waals surface area contributed by atoms with E-state index in [1.165, 1.54) is 0 Å². The number of halogens is 2. The number of hydrogen-bond acceptors (Lipinski definition) is 4. The predicted octanol–water partition coefficient (Wildman–Crippen LogP) is 3.65. The van der Waals surface area contributed by atoms with Crippen LogP contribution in [0.2, 0.25) is 5.02 Å². The van der Waals surface area contributed by atoms with E-state index in [9.17, 15) is 4.79 Å². The highest BCUT2D eigenvalue weighted by atomic mass is 79.9. The summed E-state index contributed by atoms with van der Waals surface area (Å²) in [7, 11) is 3.56. The monoisotopic (exact) mass is 451 g/mol. The van der Waals surface area contributed by atoms with Gasteiger partial charge in [-0.1, -0.05) is 17.7 Å². The molecule has 0 spiro atoms. The van der Waals surface area contributed by atoms with Gasteiger partial charge in [0.25, 0.3) is 5.91 Å². The minimum Gasteiger partial charge on any atom is -0.470 e. The Morgan fingerprint density at radius 2 is 2.15 bits per heavy atom. The molecule has 2 heterocycles. The van der Waals surface area contributed by atoms with Crippen molar-refractivity contribution in [2.45, 2.75) is 20.2 Å². The van der Waals surface area contributed by atoms with Crippen LogP contribution in [0.4, 0.5) is 0 Å². The molecule has 27 heavy (non-hydrogen) atoms. The van der Waals surface area contributed by atoms with Gasteiger partial charge in [0.15, 0.2) is 12.4 Å².